The highest BCUT2D eigenvalue weighted by Crippen LogP contribution is 2.06. The number of hydrogen-bond acceptors (Lipinski definition) is 3. The number of rotatable bonds is 2. The molecule has 1 atom stereocenters. The summed E-state index contributed by atoms with van der Waals surface area (Å²) in [6, 6.07) is 0. The summed E-state index contributed by atoms with van der Waals surface area (Å²) in [5, 5.41) is 9.03. The number of hydrogen-bond donors (Lipinski definition) is 1. The molecule has 0 saturated heterocycles. The Balaban J connectivity index is 2.56. The number of amidine groups is 1. The molecule has 0 amide bonds. The van der Waals surface area contributed by atoms with Crippen LogP contribution in [0.1, 0.15) is 6.42 Å². The molecule has 3 heteroatoms. The van der Waals surface area contributed by atoms with Crippen molar-refractivity contribution in [2.45, 2.75) is 12.6 Å². The van der Waals surface area contributed by atoms with Crippen LogP contribution in [0.3, 0.4) is 0 Å². The average molecular weight is 140 g/mol. The third-order valence-corrected chi connectivity index (χ3v) is 1.50. The van der Waals surface area contributed by atoms with E-state index in [1.165, 1.54) is 0 Å². The molecule has 0 spiro atoms. The number of β-amino-alcohol motifs (C(OH)–C–C–N with tert-alkyl or cyclic N) is 1. The van der Waals surface area contributed by atoms with E-state index < -0.39 is 6.23 Å². The van der Waals surface area contributed by atoms with E-state index in [2.05, 4.69) is 11.6 Å². The minimum absolute atomic E-state index is 0.528. The molecule has 0 saturated carbocycles. The first-order valence-electron chi connectivity index (χ1n) is 3.31. The summed E-state index contributed by atoms with van der Waals surface area (Å²) in [4.78, 5) is 5.92. The van der Waals surface area contributed by atoms with Gasteiger partial charge in [0.1, 0.15) is 5.84 Å². The van der Waals surface area contributed by atoms with Crippen LogP contribution < -0.4 is 0 Å². The van der Waals surface area contributed by atoms with Gasteiger partial charge < -0.3 is 10.0 Å². The second kappa shape index (κ2) is 2.84. The van der Waals surface area contributed by atoms with Gasteiger partial charge in [0, 0.05) is 13.5 Å². The van der Waals surface area contributed by atoms with Crippen LogP contribution in [0.4, 0.5) is 0 Å². The van der Waals surface area contributed by atoms with Gasteiger partial charge >= 0.3 is 0 Å². The first-order chi connectivity index (χ1) is 4.74. The highest BCUT2D eigenvalue weighted by molar-refractivity contribution is 5.84. The molecule has 1 N–H and O–H groups in total. The molecule has 0 aromatic rings. The minimum atomic E-state index is -0.528. The molecule has 0 aliphatic carbocycles. The molecule has 0 fully saturated rings. The molecule has 1 heterocycles. The quantitative estimate of drug-likeness (QED) is 0.557. The SMILES string of the molecule is C=CCC1=NC(O)CN1C. The Labute approximate surface area is 60.7 Å². The van der Waals surface area contributed by atoms with E-state index in [4.69, 9.17) is 5.11 Å². The third-order valence-electron chi connectivity index (χ3n) is 1.50. The lowest BCUT2D eigenvalue weighted by molar-refractivity contribution is 0.178. The average Bonchev–Trinajstić information content (AvgIpc) is 2.13. The smallest absolute Gasteiger partial charge is 0.164 e. The van der Waals surface area contributed by atoms with Crippen LogP contribution in [0.15, 0.2) is 17.6 Å². The van der Waals surface area contributed by atoms with Crippen molar-refractivity contribution in [1.82, 2.24) is 4.90 Å². The van der Waals surface area contributed by atoms with Crippen molar-refractivity contribution in [3.8, 4) is 0 Å². The maximum absolute atomic E-state index is 9.03. The minimum Gasteiger partial charge on any atom is -0.370 e. The summed E-state index contributed by atoms with van der Waals surface area (Å²) in [5.41, 5.74) is 0. The first-order valence-corrected chi connectivity index (χ1v) is 3.31. The molecule has 3 nitrogen and oxygen atoms in total. The fourth-order valence-corrected chi connectivity index (χ4v) is 0.999. The molecule has 10 heavy (non-hydrogen) atoms. The maximum Gasteiger partial charge on any atom is 0.164 e. The van der Waals surface area contributed by atoms with Crippen LogP contribution in [0, 0.1) is 0 Å². The monoisotopic (exact) mass is 140 g/mol. The second-order valence-electron chi connectivity index (χ2n) is 2.40. The Kier molecular flexibility index (Phi) is 2.06. The Morgan fingerprint density at radius 2 is 2.70 bits per heavy atom. The molecular formula is C7H12N2O. The zero-order valence-corrected chi connectivity index (χ0v) is 6.12. The molecular weight excluding hydrogens is 128 g/mol. The van der Waals surface area contributed by atoms with E-state index >= 15 is 0 Å². The van der Waals surface area contributed by atoms with Crippen LogP contribution in [0.5, 0.6) is 0 Å². The largest absolute Gasteiger partial charge is 0.370 e. The van der Waals surface area contributed by atoms with Gasteiger partial charge in [-0.25, -0.2) is 4.99 Å². The highest BCUT2D eigenvalue weighted by atomic mass is 16.3. The first kappa shape index (κ1) is 7.28. The van der Waals surface area contributed by atoms with E-state index in [9.17, 15) is 0 Å². The molecule has 0 aromatic carbocycles. The predicted octanol–water partition coefficient (Wildman–Crippen LogP) is 0.225. The number of nitrogens with zero attached hydrogens (tertiary/aromatic N) is 2. The predicted molar refractivity (Wildman–Crippen MR) is 40.9 cm³/mol. The standard InChI is InChI=1S/C7H12N2O/c1-3-4-6-8-7(10)5-9(6)2/h3,7,10H,1,4-5H2,2H3. The van der Waals surface area contributed by atoms with Crippen LogP contribution in [0.25, 0.3) is 0 Å². The Hall–Kier alpha value is -0.830. The number of aliphatic hydroxyl groups is 1. The Morgan fingerprint density at radius 3 is 3.10 bits per heavy atom. The molecule has 56 valence electrons. The van der Waals surface area contributed by atoms with Gasteiger partial charge in [-0.3, -0.25) is 0 Å². The van der Waals surface area contributed by atoms with Crippen molar-refractivity contribution >= 4 is 5.84 Å². The summed E-state index contributed by atoms with van der Waals surface area (Å²) < 4.78 is 0. The van der Waals surface area contributed by atoms with Crippen molar-refractivity contribution in [2.75, 3.05) is 13.6 Å². The van der Waals surface area contributed by atoms with Gasteiger partial charge in [-0.1, -0.05) is 6.08 Å². The lowest BCUT2D eigenvalue weighted by Gasteiger charge is -2.11. The summed E-state index contributed by atoms with van der Waals surface area (Å²) in [6.07, 6.45) is 2.00. The van der Waals surface area contributed by atoms with Crippen molar-refractivity contribution in [2.24, 2.45) is 4.99 Å². The van der Waals surface area contributed by atoms with Crippen molar-refractivity contribution in [3.63, 3.8) is 0 Å². The summed E-state index contributed by atoms with van der Waals surface area (Å²) in [7, 11) is 1.92. The van der Waals surface area contributed by atoms with E-state index in [1.807, 2.05) is 11.9 Å². The zero-order valence-electron chi connectivity index (χ0n) is 6.12. The van der Waals surface area contributed by atoms with Crippen LogP contribution in [0.2, 0.25) is 0 Å². The van der Waals surface area contributed by atoms with Crippen LogP contribution >= 0.6 is 0 Å². The topological polar surface area (TPSA) is 35.8 Å². The van der Waals surface area contributed by atoms with Crippen molar-refractivity contribution in [3.05, 3.63) is 12.7 Å². The van der Waals surface area contributed by atoms with Gasteiger partial charge in [0.15, 0.2) is 6.23 Å². The number of aliphatic hydroxyl groups excluding tert-OH is 1. The van der Waals surface area contributed by atoms with E-state index in [1.54, 1.807) is 6.08 Å². The van der Waals surface area contributed by atoms with Gasteiger partial charge in [0.2, 0.25) is 0 Å². The molecule has 1 rings (SSSR count). The fourth-order valence-electron chi connectivity index (χ4n) is 0.999. The van der Waals surface area contributed by atoms with E-state index in [-0.39, 0.29) is 0 Å². The van der Waals surface area contributed by atoms with Gasteiger partial charge in [0.05, 0.1) is 6.54 Å². The van der Waals surface area contributed by atoms with Crippen LogP contribution in [-0.4, -0.2) is 35.7 Å². The molecule has 1 aliphatic rings. The van der Waals surface area contributed by atoms with Gasteiger partial charge in [-0.2, -0.15) is 0 Å². The van der Waals surface area contributed by atoms with Gasteiger partial charge in [-0.15, -0.1) is 6.58 Å². The van der Waals surface area contributed by atoms with E-state index in [0.29, 0.717) is 6.54 Å². The zero-order chi connectivity index (χ0) is 7.56. The molecule has 0 bridgehead atoms. The Morgan fingerprint density at radius 1 is 2.00 bits per heavy atom. The van der Waals surface area contributed by atoms with Crippen molar-refractivity contribution in [1.29, 1.82) is 0 Å². The van der Waals surface area contributed by atoms with Gasteiger partial charge in [-0.05, 0) is 0 Å². The van der Waals surface area contributed by atoms with Gasteiger partial charge in [0.25, 0.3) is 0 Å². The molecule has 1 aliphatic heterocycles. The third kappa shape index (κ3) is 1.36. The van der Waals surface area contributed by atoms with Crippen molar-refractivity contribution < 1.29 is 5.11 Å². The van der Waals surface area contributed by atoms with E-state index in [0.717, 1.165) is 12.3 Å². The lowest BCUT2D eigenvalue weighted by atomic mass is 10.4. The summed E-state index contributed by atoms with van der Waals surface area (Å²) >= 11 is 0. The number of likely N-dealkylation sites (N-methyl/N-ethyl adjacent to an activating group) is 1. The molecule has 0 radical (unpaired) electrons. The molecule has 0 aromatic heterocycles. The summed E-state index contributed by atoms with van der Waals surface area (Å²) in [5.74, 6) is 0.919. The lowest BCUT2D eigenvalue weighted by Crippen LogP contribution is -2.23. The Bertz CT molecular complexity index is 165. The second-order valence-corrected chi connectivity index (χ2v) is 2.40. The normalized spacial score (nSPS) is 24.8. The fraction of sp³-hybridized carbons (Fsp3) is 0.571. The number of aliphatic imine (C=N–C) groups is 1. The highest BCUT2D eigenvalue weighted by Gasteiger charge is 2.17. The summed E-state index contributed by atoms with van der Waals surface area (Å²) in [6.45, 7) is 4.21. The maximum atomic E-state index is 9.03. The van der Waals surface area contributed by atoms with Crippen LogP contribution in [-0.2, 0) is 0 Å². The molecule has 1 unspecified atom stereocenters.